The zero-order valence-corrected chi connectivity index (χ0v) is 24.4. The number of rotatable bonds is 6. The molecule has 0 radical (unpaired) electrons. The average molecular weight is 609 g/mol. The largest absolute Gasteiger partial charge is 0.444 e. The van der Waals surface area contributed by atoms with Gasteiger partial charge in [-0.1, -0.05) is 6.07 Å². The molecule has 2 heterocycles. The maximum absolute atomic E-state index is 14.1. The van der Waals surface area contributed by atoms with Crippen LogP contribution in [0.4, 0.5) is 28.0 Å². The second-order valence-electron chi connectivity index (χ2n) is 11.1. The van der Waals surface area contributed by atoms with Gasteiger partial charge in [0.15, 0.2) is 0 Å². The number of alkyl halides is 3. The van der Waals surface area contributed by atoms with Crippen molar-refractivity contribution in [3.05, 3.63) is 77.7 Å². The Morgan fingerprint density at radius 1 is 1.05 bits per heavy atom. The van der Waals surface area contributed by atoms with Crippen molar-refractivity contribution >= 4 is 21.8 Å². The van der Waals surface area contributed by atoms with Gasteiger partial charge in [-0.05, 0) is 81.8 Å². The molecule has 0 bridgehead atoms. The predicted octanol–water partition coefficient (Wildman–Crippen LogP) is 6.15. The van der Waals surface area contributed by atoms with E-state index in [2.05, 4.69) is 9.71 Å². The number of carbonyl (C=O) groups excluding carboxylic acids is 1. The molecule has 1 unspecified atom stereocenters. The summed E-state index contributed by atoms with van der Waals surface area (Å²) < 4.78 is 88.9. The predicted molar refractivity (Wildman–Crippen MR) is 150 cm³/mol. The first kappa shape index (κ1) is 31.2. The molecule has 226 valence electrons. The lowest BCUT2D eigenvalue weighted by atomic mass is 10.0. The first-order valence-electron chi connectivity index (χ1n) is 13.2. The first-order chi connectivity index (χ1) is 19.5. The molecule has 1 fully saturated rings. The minimum absolute atomic E-state index is 0.0197. The topological polar surface area (TPSA) is 91.8 Å². The van der Waals surface area contributed by atoms with Gasteiger partial charge in [0.05, 0.1) is 11.3 Å². The van der Waals surface area contributed by atoms with Crippen LogP contribution in [-0.4, -0.2) is 60.6 Å². The van der Waals surface area contributed by atoms with Gasteiger partial charge in [-0.2, -0.15) is 13.2 Å². The summed E-state index contributed by atoms with van der Waals surface area (Å²) in [6, 6.07) is 11.2. The van der Waals surface area contributed by atoms with Crippen molar-refractivity contribution in [3.8, 4) is 11.3 Å². The third-order valence-electron chi connectivity index (χ3n) is 6.59. The first-order valence-corrected chi connectivity index (χ1v) is 14.7. The van der Waals surface area contributed by atoms with Crippen LogP contribution < -0.4 is 4.72 Å². The van der Waals surface area contributed by atoms with Crippen molar-refractivity contribution < 1.29 is 35.5 Å². The van der Waals surface area contributed by atoms with E-state index in [4.69, 9.17) is 4.74 Å². The van der Waals surface area contributed by atoms with Crippen LogP contribution in [0, 0.1) is 5.82 Å². The Morgan fingerprint density at radius 3 is 2.31 bits per heavy atom. The second kappa shape index (κ2) is 11.9. The van der Waals surface area contributed by atoms with E-state index in [1.807, 2.05) is 4.90 Å². The number of pyridine rings is 1. The van der Waals surface area contributed by atoms with E-state index < -0.39 is 39.3 Å². The molecular formula is C29H32F4N4O4S. The van der Waals surface area contributed by atoms with Gasteiger partial charge in [0.25, 0.3) is 10.0 Å². The fourth-order valence-electron chi connectivity index (χ4n) is 4.60. The van der Waals surface area contributed by atoms with Crippen LogP contribution in [-0.2, 0) is 27.5 Å². The Balaban J connectivity index is 1.47. The molecule has 1 saturated heterocycles. The van der Waals surface area contributed by atoms with Gasteiger partial charge >= 0.3 is 12.3 Å². The molecule has 1 aliphatic rings. The number of aromatic nitrogens is 1. The summed E-state index contributed by atoms with van der Waals surface area (Å²) in [7, 11) is -4.26. The zero-order valence-electron chi connectivity index (χ0n) is 23.6. The highest BCUT2D eigenvalue weighted by Gasteiger charge is 2.36. The minimum atomic E-state index is -4.74. The molecule has 13 heteroatoms. The van der Waals surface area contributed by atoms with Crippen LogP contribution in [0.3, 0.4) is 0 Å². The standard InChI is InChI=1S/C29H32F4N4O4S/c1-19-17-36(13-14-37(19)27(38)41-28(2,3)4)18-21-7-10-23(15-25(21)29(31,32)33)35-42(39,40)24-11-12-26(34-16-24)20-5-8-22(30)9-6-20/h5-12,15-16,19,35H,13-14,17-18H2,1-4H3. The van der Waals surface area contributed by atoms with E-state index in [1.54, 1.807) is 32.6 Å². The maximum atomic E-state index is 14.1. The lowest BCUT2D eigenvalue weighted by Crippen LogP contribution is -2.54. The lowest BCUT2D eigenvalue weighted by Gasteiger charge is -2.40. The molecule has 3 aromatic rings. The Kier molecular flexibility index (Phi) is 8.84. The van der Waals surface area contributed by atoms with Crippen molar-refractivity contribution in [2.75, 3.05) is 24.4 Å². The second-order valence-corrected chi connectivity index (χ2v) is 12.8. The third kappa shape index (κ3) is 7.77. The number of hydrogen-bond acceptors (Lipinski definition) is 6. The summed E-state index contributed by atoms with van der Waals surface area (Å²) in [5.74, 6) is -0.429. The monoisotopic (exact) mass is 608 g/mol. The van der Waals surface area contributed by atoms with E-state index in [9.17, 15) is 30.8 Å². The van der Waals surface area contributed by atoms with E-state index in [0.29, 0.717) is 30.9 Å². The van der Waals surface area contributed by atoms with Gasteiger partial charge in [-0.25, -0.2) is 17.6 Å². The number of benzene rings is 2. The number of sulfonamides is 1. The van der Waals surface area contributed by atoms with Crippen LogP contribution in [0.5, 0.6) is 0 Å². The number of piperazine rings is 1. The number of ether oxygens (including phenoxy) is 1. The molecule has 0 spiro atoms. The number of hydrogen-bond donors (Lipinski definition) is 1. The molecule has 1 aliphatic heterocycles. The number of halogens is 4. The summed E-state index contributed by atoms with van der Waals surface area (Å²) in [4.78, 5) is 19.7. The molecule has 1 atom stereocenters. The van der Waals surface area contributed by atoms with Gasteiger partial charge in [0.1, 0.15) is 16.3 Å². The molecule has 0 aliphatic carbocycles. The SMILES string of the molecule is CC1CN(Cc2ccc(NS(=O)(=O)c3ccc(-c4ccc(F)cc4)nc3)cc2C(F)(F)F)CCN1C(=O)OC(C)(C)C. The Bertz CT molecular complexity index is 1520. The maximum Gasteiger partial charge on any atom is 0.416 e. The van der Waals surface area contributed by atoms with Crippen LogP contribution in [0.2, 0.25) is 0 Å². The van der Waals surface area contributed by atoms with Gasteiger partial charge in [0, 0.05) is 49.7 Å². The van der Waals surface area contributed by atoms with Crippen molar-refractivity contribution in [3.63, 3.8) is 0 Å². The van der Waals surface area contributed by atoms with Crippen molar-refractivity contribution in [2.24, 2.45) is 0 Å². The van der Waals surface area contributed by atoms with E-state index in [-0.39, 0.29) is 28.7 Å². The molecule has 0 saturated carbocycles. The number of nitrogens with zero attached hydrogens (tertiary/aromatic N) is 3. The molecule has 1 aromatic heterocycles. The van der Waals surface area contributed by atoms with Crippen molar-refractivity contribution in [2.45, 2.75) is 57.0 Å². The minimum Gasteiger partial charge on any atom is -0.444 e. The molecule has 4 rings (SSSR count). The molecule has 2 aromatic carbocycles. The van der Waals surface area contributed by atoms with Gasteiger partial charge in [-0.15, -0.1) is 0 Å². The van der Waals surface area contributed by atoms with Crippen molar-refractivity contribution in [1.82, 2.24) is 14.8 Å². The molecule has 1 amide bonds. The van der Waals surface area contributed by atoms with Crippen LogP contribution in [0.15, 0.2) is 65.7 Å². The number of nitrogens with one attached hydrogen (secondary N) is 1. The van der Waals surface area contributed by atoms with Crippen LogP contribution in [0.1, 0.15) is 38.8 Å². The fourth-order valence-corrected chi connectivity index (χ4v) is 5.59. The van der Waals surface area contributed by atoms with E-state index >= 15 is 0 Å². The van der Waals surface area contributed by atoms with Crippen molar-refractivity contribution in [1.29, 1.82) is 0 Å². The molecular weight excluding hydrogens is 576 g/mol. The molecule has 1 N–H and O–H groups in total. The number of carbonyl (C=O) groups is 1. The summed E-state index contributed by atoms with van der Waals surface area (Å²) in [6.07, 6.45) is -4.13. The quantitative estimate of drug-likeness (QED) is 0.338. The van der Waals surface area contributed by atoms with Crippen LogP contribution >= 0.6 is 0 Å². The highest BCUT2D eigenvalue weighted by Crippen LogP contribution is 2.35. The number of amides is 1. The lowest BCUT2D eigenvalue weighted by molar-refractivity contribution is -0.138. The third-order valence-corrected chi connectivity index (χ3v) is 7.95. The Labute approximate surface area is 242 Å². The molecule has 42 heavy (non-hydrogen) atoms. The summed E-state index contributed by atoms with van der Waals surface area (Å²) in [5, 5.41) is 0. The van der Waals surface area contributed by atoms with Crippen LogP contribution in [0.25, 0.3) is 11.3 Å². The van der Waals surface area contributed by atoms with Gasteiger partial charge < -0.3 is 9.64 Å². The van der Waals surface area contributed by atoms with E-state index in [1.165, 1.54) is 48.5 Å². The normalized spacial score (nSPS) is 16.8. The van der Waals surface area contributed by atoms with E-state index in [0.717, 1.165) is 12.3 Å². The average Bonchev–Trinajstić information content (AvgIpc) is 2.88. The molecule has 8 nitrogen and oxygen atoms in total. The summed E-state index contributed by atoms with van der Waals surface area (Å²) >= 11 is 0. The highest BCUT2D eigenvalue weighted by atomic mass is 32.2. The summed E-state index contributed by atoms with van der Waals surface area (Å²) in [5.41, 5.74) is -0.929. The summed E-state index contributed by atoms with van der Waals surface area (Å²) in [6.45, 7) is 8.03. The Hall–Kier alpha value is -3.71. The fraction of sp³-hybridized carbons (Fsp3) is 0.379. The smallest absolute Gasteiger partial charge is 0.416 e. The number of anilines is 1. The van der Waals surface area contributed by atoms with Gasteiger partial charge in [-0.3, -0.25) is 14.6 Å². The van der Waals surface area contributed by atoms with Gasteiger partial charge in [0.2, 0.25) is 0 Å². The highest BCUT2D eigenvalue weighted by molar-refractivity contribution is 7.92. The zero-order chi connectivity index (χ0) is 30.9. The Morgan fingerprint density at radius 2 is 1.74 bits per heavy atom.